The second-order valence-electron chi connectivity index (χ2n) is 7.24. The van der Waals surface area contributed by atoms with Crippen molar-refractivity contribution in [3.8, 4) is 0 Å². The number of rotatable bonds is 5. The number of hydrogen-bond acceptors (Lipinski definition) is 5. The lowest BCUT2D eigenvalue weighted by Crippen LogP contribution is -2.49. The van der Waals surface area contributed by atoms with Gasteiger partial charge in [-0.05, 0) is 37.4 Å². The summed E-state index contributed by atoms with van der Waals surface area (Å²) in [6.07, 6.45) is 3.69. The predicted molar refractivity (Wildman–Crippen MR) is 93.0 cm³/mol. The normalized spacial score (nSPS) is 20.3. The number of hydrogen-bond donors (Lipinski definition) is 0. The molecule has 1 fully saturated rings. The van der Waals surface area contributed by atoms with E-state index in [-0.39, 0.29) is 11.9 Å². The zero-order chi connectivity index (χ0) is 17.4. The van der Waals surface area contributed by atoms with Crippen molar-refractivity contribution < 1.29 is 9.32 Å². The Morgan fingerprint density at radius 3 is 2.84 bits per heavy atom. The smallest absolute Gasteiger partial charge is 0.240 e. The Bertz CT molecular complexity index is 768. The fourth-order valence-electron chi connectivity index (χ4n) is 3.43. The first-order chi connectivity index (χ1) is 12.1. The van der Waals surface area contributed by atoms with Crippen molar-refractivity contribution >= 4 is 5.91 Å². The molecule has 2 aromatic rings. The van der Waals surface area contributed by atoms with Crippen molar-refractivity contribution in [1.82, 2.24) is 19.9 Å². The first kappa shape index (κ1) is 16.3. The van der Waals surface area contributed by atoms with Crippen LogP contribution in [-0.2, 0) is 24.2 Å². The molecule has 1 saturated carbocycles. The molecule has 0 bridgehead atoms. The lowest BCUT2D eigenvalue weighted by atomic mass is 9.94. The molecular formula is C19H24N4O2. The van der Waals surface area contributed by atoms with Gasteiger partial charge in [0.2, 0.25) is 11.8 Å². The van der Waals surface area contributed by atoms with Gasteiger partial charge in [-0.3, -0.25) is 9.69 Å². The third-order valence-corrected chi connectivity index (χ3v) is 5.23. The molecule has 1 aromatic carbocycles. The van der Waals surface area contributed by atoms with Crippen LogP contribution in [0.2, 0.25) is 0 Å². The van der Waals surface area contributed by atoms with Gasteiger partial charge in [0.15, 0.2) is 5.82 Å². The molecule has 2 aliphatic rings. The van der Waals surface area contributed by atoms with Crippen LogP contribution in [0.3, 0.4) is 0 Å². The first-order valence-electron chi connectivity index (χ1n) is 8.96. The maximum atomic E-state index is 12.9. The fourth-order valence-corrected chi connectivity index (χ4v) is 3.43. The van der Waals surface area contributed by atoms with Gasteiger partial charge in [-0.1, -0.05) is 29.4 Å². The molecule has 6 heteroatoms. The van der Waals surface area contributed by atoms with Crippen molar-refractivity contribution in [3.05, 3.63) is 47.1 Å². The molecule has 4 rings (SSSR count). The number of carbonyl (C=O) groups is 1. The molecule has 1 aliphatic heterocycles. The van der Waals surface area contributed by atoms with Gasteiger partial charge >= 0.3 is 0 Å². The van der Waals surface area contributed by atoms with E-state index in [9.17, 15) is 4.79 Å². The van der Waals surface area contributed by atoms with E-state index in [1.54, 1.807) is 4.90 Å². The van der Waals surface area contributed by atoms with Crippen molar-refractivity contribution in [2.45, 2.75) is 44.2 Å². The van der Waals surface area contributed by atoms with Gasteiger partial charge in [0.1, 0.15) is 0 Å². The Hall–Kier alpha value is -2.21. The molecule has 1 aliphatic carbocycles. The van der Waals surface area contributed by atoms with Gasteiger partial charge < -0.3 is 9.42 Å². The van der Waals surface area contributed by atoms with Gasteiger partial charge in [0.25, 0.3) is 0 Å². The van der Waals surface area contributed by atoms with Crippen LogP contribution in [0.15, 0.2) is 28.8 Å². The summed E-state index contributed by atoms with van der Waals surface area (Å²) in [5, 5.41) is 4.03. The van der Waals surface area contributed by atoms with Crippen molar-refractivity contribution in [2.24, 2.45) is 0 Å². The lowest BCUT2D eigenvalue weighted by Gasteiger charge is -2.35. The standard InChI is InChI=1S/C19H24N4O2/c1-22(10-9-17-20-18(25-21-17)13-7-8-13)19(24)16-11-14-5-3-4-6-15(14)12-23(16)2/h3-6,13,16H,7-12H2,1-2H3. The first-order valence-corrected chi connectivity index (χ1v) is 8.96. The number of carbonyl (C=O) groups excluding carboxylic acids is 1. The van der Waals surface area contributed by atoms with Crippen LogP contribution < -0.4 is 0 Å². The van der Waals surface area contributed by atoms with Crippen molar-refractivity contribution in [2.75, 3.05) is 20.6 Å². The van der Waals surface area contributed by atoms with Crippen LogP contribution in [0.25, 0.3) is 0 Å². The molecule has 0 N–H and O–H groups in total. The fraction of sp³-hybridized carbons (Fsp3) is 0.526. The molecule has 1 unspecified atom stereocenters. The van der Waals surface area contributed by atoms with E-state index in [1.165, 1.54) is 11.1 Å². The summed E-state index contributed by atoms with van der Waals surface area (Å²) in [5.41, 5.74) is 2.59. The quantitative estimate of drug-likeness (QED) is 0.833. The summed E-state index contributed by atoms with van der Waals surface area (Å²) in [6, 6.07) is 8.27. The minimum atomic E-state index is -0.104. The summed E-state index contributed by atoms with van der Waals surface area (Å²) in [6.45, 7) is 1.42. The highest BCUT2D eigenvalue weighted by molar-refractivity contribution is 5.82. The van der Waals surface area contributed by atoms with E-state index in [0.29, 0.717) is 24.7 Å². The van der Waals surface area contributed by atoms with Gasteiger partial charge in [-0.25, -0.2) is 0 Å². The molecule has 0 radical (unpaired) electrons. The number of fused-ring (bicyclic) bond motifs is 1. The second kappa shape index (κ2) is 6.59. The van der Waals surface area contributed by atoms with E-state index in [1.807, 2.05) is 20.2 Å². The zero-order valence-corrected chi connectivity index (χ0v) is 14.8. The molecule has 6 nitrogen and oxygen atoms in total. The average molecular weight is 340 g/mol. The summed E-state index contributed by atoms with van der Waals surface area (Å²) in [5.74, 6) is 2.08. The Labute approximate surface area is 147 Å². The van der Waals surface area contributed by atoms with Crippen LogP contribution in [0.4, 0.5) is 0 Å². The van der Waals surface area contributed by atoms with Gasteiger partial charge in [0.05, 0.1) is 6.04 Å². The molecule has 2 heterocycles. The minimum absolute atomic E-state index is 0.104. The monoisotopic (exact) mass is 340 g/mol. The largest absolute Gasteiger partial charge is 0.344 e. The highest BCUT2D eigenvalue weighted by Crippen LogP contribution is 2.38. The second-order valence-corrected chi connectivity index (χ2v) is 7.24. The topological polar surface area (TPSA) is 62.5 Å². The Kier molecular flexibility index (Phi) is 4.29. The third kappa shape index (κ3) is 3.44. The van der Waals surface area contributed by atoms with Crippen molar-refractivity contribution in [3.63, 3.8) is 0 Å². The summed E-state index contributed by atoms with van der Waals surface area (Å²) < 4.78 is 5.28. The summed E-state index contributed by atoms with van der Waals surface area (Å²) in [4.78, 5) is 21.3. The molecule has 25 heavy (non-hydrogen) atoms. The van der Waals surface area contributed by atoms with E-state index in [2.05, 4.69) is 33.2 Å². The van der Waals surface area contributed by atoms with Crippen LogP contribution in [0.1, 0.15) is 41.6 Å². The highest BCUT2D eigenvalue weighted by atomic mass is 16.5. The summed E-state index contributed by atoms with van der Waals surface area (Å²) in [7, 11) is 3.88. The molecule has 0 saturated heterocycles. The number of amides is 1. The van der Waals surface area contributed by atoms with E-state index >= 15 is 0 Å². The highest BCUT2D eigenvalue weighted by Gasteiger charge is 2.31. The third-order valence-electron chi connectivity index (χ3n) is 5.23. The van der Waals surface area contributed by atoms with E-state index < -0.39 is 0 Å². The molecule has 1 amide bonds. The minimum Gasteiger partial charge on any atom is -0.344 e. The maximum absolute atomic E-state index is 12.9. The Morgan fingerprint density at radius 1 is 1.32 bits per heavy atom. The number of nitrogens with zero attached hydrogens (tertiary/aromatic N) is 4. The number of benzene rings is 1. The Balaban J connectivity index is 1.36. The molecule has 1 aromatic heterocycles. The van der Waals surface area contributed by atoms with E-state index in [4.69, 9.17) is 4.52 Å². The molecule has 1 atom stereocenters. The van der Waals surface area contributed by atoms with Crippen LogP contribution in [0, 0.1) is 0 Å². The van der Waals surface area contributed by atoms with Gasteiger partial charge in [0, 0.05) is 32.5 Å². The number of likely N-dealkylation sites (N-methyl/N-ethyl adjacent to an activating group) is 2. The molecular weight excluding hydrogens is 316 g/mol. The zero-order valence-electron chi connectivity index (χ0n) is 14.8. The Morgan fingerprint density at radius 2 is 2.08 bits per heavy atom. The van der Waals surface area contributed by atoms with Crippen LogP contribution in [-0.4, -0.2) is 52.5 Å². The molecule has 132 valence electrons. The van der Waals surface area contributed by atoms with Gasteiger partial charge in [-0.15, -0.1) is 0 Å². The van der Waals surface area contributed by atoms with Gasteiger partial charge in [-0.2, -0.15) is 4.98 Å². The average Bonchev–Trinajstić information content (AvgIpc) is 3.37. The number of aromatic nitrogens is 2. The lowest BCUT2D eigenvalue weighted by molar-refractivity contribution is -0.135. The molecule has 0 spiro atoms. The van der Waals surface area contributed by atoms with Crippen LogP contribution in [0.5, 0.6) is 0 Å². The summed E-state index contributed by atoms with van der Waals surface area (Å²) >= 11 is 0. The predicted octanol–water partition coefficient (Wildman–Crippen LogP) is 2.00. The van der Waals surface area contributed by atoms with Crippen LogP contribution >= 0.6 is 0 Å². The van der Waals surface area contributed by atoms with Crippen molar-refractivity contribution in [1.29, 1.82) is 0 Å². The SMILES string of the molecule is CN(CCc1noc(C2CC2)n1)C(=O)C1Cc2ccccc2CN1C. The van der Waals surface area contributed by atoms with E-state index in [0.717, 1.165) is 31.7 Å². The maximum Gasteiger partial charge on any atom is 0.240 e.